The summed E-state index contributed by atoms with van der Waals surface area (Å²) in [5.41, 5.74) is 4.45. The van der Waals surface area contributed by atoms with E-state index in [1.807, 2.05) is 24.3 Å². The third kappa shape index (κ3) is 4.58. The van der Waals surface area contributed by atoms with E-state index in [4.69, 9.17) is 5.26 Å². The molecule has 0 bridgehead atoms. The van der Waals surface area contributed by atoms with Crippen molar-refractivity contribution in [3.8, 4) is 17.2 Å². The average molecular weight is 383 g/mol. The second-order valence-electron chi connectivity index (χ2n) is 7.51. The number of rotatable bonds is 6. The molecule has 4 nitrogen and oxygen atoms in total. The van der Waals surface area contributed by atoms with Crippen LogP contribution in [0.5, 0.6) is 0 Å². The molecule has 1 fully saturated rings. The molecule has 0 aliphatic heterocycles. The van der Waals surface area contributed by atoms with Gasteiger partial charge in [-0.25, -0.2) is 13.1 Å². The fourth-order valence-corrected chi connectivity index (χ4v) is 4.65. The van der Waals surface area contributed by atoms with E-state index in [-0.39, 0.29) is 12.0 Å². The Hall–Kier alpha value is -2.16. The monoisotopic (exact) mass is 382 g/mol. The number of nitrogens with one attached hydrogen (secondary N) is 1. The van der Waals surface area contributed by atoms with E-state index in [2.05, 4.69) is 35.1 Å². The maximum Gasteiger partial charge on any atom is 0.214 e. The van der Waals surface area contributed by atoms with E-state index in [0.717, 1.165) is 36.0 Å². The molecule has 3 rings (SSSR count). The Morgan fingerprint density at radius 2 is 1.63 bits per heavy atom. The van der Waals surface area contributed by atoms with E-state index < -0.39 is 15.3 Å². The van der Waals surface area contributed by atoms with Crippen LogP contribution in [0.2, 0.25) is 0 Å². The van der Waals surface area contributed by atoms with Crippen LogP contribution in [-0.4, -0.2) is 19.7 Å². The van der Waals surface area contributed by atoms with Gasteiger partial charge in [-0.3, -0.25) is 0 Å². The Morgan fingerprint density at radius 1 is 1.04 bits per heavy atom. The molecule has 27 heavy (non-hydrogen) atoms. The molecule has 0 heterocycles. The first kappa shape index (κ1) is 19.6. The fourth-order valence-electron chi connectivity index (χ4n) is 3.68. The van der Waals surface area contributed by atoms with Crippen molar-refractivity contribution in [1.29, 1.82) is 5.26 Å². The van der Waals surface area contributed by atoms with Crippen LogP contribution in [0.25, 0.3) is 11.1 Å². The van der Waals surface area contributed by atoms with E-state index in [1.165, 1.54) is 5.56 Å². The van der Waals surface area contributed by atoms with Crippen LogP contribution in [0.4, 0.5) is 0 Å². The highest BCUT2D eigenvalue weighted by molar-refractivity contribution is 7.90. The minimum Gasteiger partial charge on any atom is -0.212 e. The van der Waals surface area contributed by atoms with E-state index in [0.29, 0.717) is 6.42 Å². The highest BCUT2D eigenvalue weighted by atomic mass is 32.2. The van der Waals surface area contributed by atoms with Crippen LogP contribution in [0, 0.1) is 11.3 Å². The smallest absolute Gasteiger partial charge is 0.212 e. The summed E-state index contributed by atoms with van der Waals surface area (Å²) in [6.45, 7) is 3.42. The molecule has 2 aromatic carbocycles. The van der Waals surface area contributed by atoms with E-state index in [9.17, 15) is 8.42 Å². The molecular formula is C22H26N2O2S. The number of nitrogens with zero attached hydrogens (tertiary/aromatic N) is 1. The molecule has 1 aliphatic carbocycles. The van der Waals surface area contributed by atoms with Crippen molar-refractivity contribution >= 4 is 10.0 Å². The van der Waals surface area contributed by atoms with Crippen LogP contribution in [0.15, 0.2) is 48.5 Å². The minimum absolute atomic E-state index is 0.0199. The average Bonchev–Trinajstić information content (AvgIpc) is 3.10. The lowest BCUT2D eigenvalue weighted by Gasteiger charge is -2.23. The van der Waals surface area contributed by atoms with Gasteiger partial charge in [0.1, 0.15) is 0 Å². The molecule has 1 saturated carbocycles. The summed E-state index contributed by atoms with van der Waals surface area (Å²) in [6.07, 6.45) is 3.36. The van der Waals surface area contributed by atoms with E-state index >= 15 is 0 Å². The zero-order chi connectivity index (χ0) is 19.4. The van der Waals surface area contributed by atoms with Crippen LogP contribution in [-0.2, 0) is 16.4 Å². The van der Waals surface area contributed by atoms with Gasteiger partial charge >= 0.3 is 0 Å². The molecule has 0 radical (unpaired) electrons. The summed E-state index contributed by atoms with van der Waals surface area (Å²) in [7, 11) is -3.26. The SMILES string of the molecule is CC(C)S(=O)(=O)N[C@@H]1CCC[C@H]1c1ccc(-c2ccc(CC#N)cc2)cc1. The first-order chi connectivity index (χ1) is 12.9. The normalized spacial score (nSPS) is 19.9. The van der Waals surface area contributed by atoms with Crippen LogP contribution < -0.4 is 4.72 Å². The molecule has 142 valence electrons. The summed E-state index contributed by atoms with van der Waals surface area (Å²) in [4.78, 5) is 0. The number of benzene rings is 2. The third-order valence-electron chi connectivity index (χ3n) is 5.36. The van der Waals surface area contributed by atoms with Crippen molar-refractivity contribution in [2.45, 2.75) is 56.7 Å². The molecular weight excluding hydrogens is 356 g/mol. The molecule has 0 aromatic heterocycles. The van der Waals surface area contributed by atoms with Gasteiger partial charge in [0.25, 0.3) is 0 Å². The molecule has 1 aliphatic rings. The summed E-state index contributed by atoms with van der Waals surface area (Å²) < 4.78 is 27.4. The van der Waals surface area contributed by atoms with Crippen molar-refractivity contribution in [3.05, 3.63) is 59.7 Å². The molecule has 0 unspecified atom stereocenters. The number of nitriles is 1. The first-order valence-electron chi connectivity index (χ1n) is 9.48. The van der Waals surface area contributed by atoms with Crippen molar-refractivity contribution in [2.75, 3.05) is 0 Å². The standard InChI is InChI=1S/C22H26N2O2S/c1-16(2)27(25,26)24-22-5-3-4-21(22)20-12-10-19(11-13-20)18-8-6-17(7-9-18)14-15-23/h6-13,16,21-22,24H,3-5,14H2,1-2H3/t21-,22+/m0/s1. The van der Waals surface area contributed by atoms with Crippen molar-refractivity contribution < 1.29 is 8.42 Å². The third-order valence-corrected chi connectivity index (χ3v) is 7.23. The van der Waals surface area contributed by atoms with Gasteiger partial charge in [0.05, 0.1) is 17.7 Å². The quantitative estimate of drug-likeness (QED) is 0.806. The predicted octanol–water partition coefficient (Wildman–Crippen LogP) is 4.38. The summed E-state index contributed by atoms with van der Waals surface area (Å²) in [6, 6.07) is 18.6. The number of sulfonamides is 1. The van der Waals surface area contributed by atoms with Gasteiger partial charge in [0, 0.05) is 12.0 Å². The largest absolute Gasteiger partial charge is 0.214 e. The van der Waals surface area contributed by atoms with Crippen molar-refractivity contribution in [3.63, 3.8) is 0 Å². The zero-order valence-electron chi connectivity index (χ0n) is 15.9. The summed E-state index contributed by atoms with van der Waals surface area (Å²) in [5, 5.41) is 8.36. The lowest BCUT2D eigenvalue weighted by atomic mass is 9.92. The Kier molecular flexibility index (Phi) is 5.98. The number of hydrogen-bond donors (Lipinski definition) is 1. The van der Waals surface area contributed by atoms with Gasteiger partial charge in [-0.05, 0) is 48.9 Å². The Bertz CT molecular complexity index is 910. The molecule has 0 amide bonds. The summed E-state index contributed by atoms with van der Waals surface area (Å²) >= 11 is 0. The van der Waals surface area contributed by atoms with Gasteiger partial charge in [0.2, 0.25) is 10.0 Å². The van der Waals surface area contributed by atoms with Crippen LogP contribution >= 0.6 is 0 Å². The number of hydrogen-bond acceptors (Lipinski definition) is 3. The molecule has 0 spiro atoms. The second-order valence-corrected chi connectivity index (χ2v) is 9.78. The molecule has 1 N–H and O–H groups in total. The van der Waals surface area contributed by atoms with Gasteiger partial charge in [-0.2, -0.15) is 5.26 Å². The Labute approximate surface area is 162 Å². The van der Waals surface area contributed by atoms with Gasteiger partial charge in [-0.1, -0.05) is 55.0 Å². The van der Waals surface area contributed by atoms with Crippen molar-refractivity contribution in [1.82, 2.24) is 4.72 Å². The van der Waals surface area contributed by atoms with Gasteiger partial charge in [-0.15, -0.1) is 0 Å². The lowest BCUT2D eigenvalue weighted by Crippen LogP contribution is -2.40. The predicted molar refractivity (Wildman–Crippen MR) is 109 cm³/mol. The Morgan fingerprint density at radius 3 is 2.19 bits per heavy atom. The van der Waals surface area contributed by atoms with Crippen LogP contribution in [0.1, 0.15) is 50.2 Å². The molecule has 2 aromatic rings. The van der Waals surface area contributed by atoms with Gasteiger partial charge in [0.15, 0.2) is 0 Å². The summed E-state index contributed by atoms with van der Waals surface area (Å²) in [5.74, 6) is 0.227. The molecule has 2 atom stereocenters. The molecule has 5 heteroatoms. The highest BCUT2D eigenvalue weighted by Crippen LogP contribution is 2.36. The first-order valence-corrected chi connectivity index (χ1v) is 11.0. The van der Waals surface area contributed by atoms with Gasteiger partial charge < -0.3 is 0 Å². The molecule has 0 saturated heterocycles. The Balaban J connectivity index is 1.75. The minimum atomic E-state index is -3.26. The van der Waals surface area contributed by atoms with Crippen LogP contribution in [0.3, 0.4) is 0 Å². The van der Waals surface area contributed by atoms with E-state index in [1.54, 1.807) is 13.8 Å². The zero-order valence-corrected chi connectivity index (χ0v) is 16.7. The van der Waals surface area contributed by atoms with Crippen molar-refractivity contribution in [2.24, 2.45) is 0 Å². The highest BCUT2D eigenvalue weighted by Gasteiger charge is 2.32. The topological polar surface area (TPSA) is 70.0 Å². The fraction of sp³-hybridized carbons (Fsp3) is 0.409. The second kappa shape index (κ2) is 8.24. The maximum absolute atomic E-state index is 12.2. The maximum atomic E-state index is 12.2. The lowest BCUT2D eigenvalue weighted by molar-refractivity contribution is 0.519.